The van der Waals surface area contributed by atoms with E-state index in [1.807, 2.05) is 22.7 Å². The van der Waals surface area contributed by atoms with Gasteiger partial charge in [0.2, 0.25) is 0 Å². The highest BCUT2D eigenvalue weighted by Gasteiger charge is 2.01. The van der Waals surface area contributed by atoms with Gasteiger partial charge in [-0.1, -0.05) is 0 Å². The molecule has 2 heterocycles. The first-order chi connectivity index (χ1) is 4.77. The second-order valence-corrected chi connectivity index (χ2v) is 4.80. The number of hydrogen-bond donors (Lipinski definition) is 0. The van der Waals surface area contributed by atoms with Gasteiger partial charge in [0, 0.05) is 25.2 Å². The fourth-order valence-electron chi connectivity index (χ4n) is 1.10. The zero-order chi connectivity index (χ0) is 7.14. The van der Waals surface area contributed by atoms with Crippen molar-refractivity contribution in [2.45, 2.75) is 13.8 Å². The molecule has 2 heteroatoms. The Bertz CT molecular complexity index is 354. The number of fused-ring (bicyclic) bond motifs is 1. The van der Waals surface area contributed by atoms with Crippen LogP contribution in [-0.4, -0.2) is 0 Å². The van der Waals surface area contributed by atoms with Crippen LogP contribution >= 0.6 is 22.7 Å². The molecule has 0 radical (unpaired) electrons. The summed E-state index contributed by atoms with van der Waals surface area (Å²) >= 11 is 3.73. The lowest BCUT2D eigenvalue weighted by Crippen LogP contribution is -1.55. The highest BCUT2D eigenvalue weighted by molar-refractivity contribution is 7.23. The van der Waals surface area contributed by atoms with Crippen LogP contribution in [0.15, 0.2) is 11.4 Å². The molecule has 2 aromatic heterocycles. The van der Waals surface area contributed by atoms with Crippen LogP contribution in [-0.2, 0) is 0 Å². The van der Waals surface area contributed by atoms with Crippen molar-refractivity contribution in [3.05, 3.63) is 21.2 Å². The van der Waals surface area contributed by atoms with Crippen molar-refractivity contribution in [3.8, 4) is 0 Å². The van der Waals surface area contributed by atoms with E-state index < -0.39 is 0 Å². The third-order valence-electron chi connectivity index (χ3n) is 1.61. The summed E-state index contributed by atoms with van der Waals surface area (Å²) in [5, 5.41) is 3.69. The third kappa shape index (κ3) is 0.796. The van der Waals surface area contributed by atoms with Crippen molar-refractivity contribution < 1.29 is 0 Å². The molecule has 0 atom stereocenters. The van der Waals surface area contributed by atoms with E-state index in [9.17, 15) is 0 Å². The Morgan fingerprint density at radius 3 is 2.80 bits per heavy atom. The number of rotatable bonds is 0. The minimum atomic E-state index is 1.42. The quantitative estimate of drug-likeness (QED) is 0.564. The van der Waals surface area contributed by atoms with Gasteiger partial charge in [-0.2, -0.15) is 0 Å². The normalized spacial score (nSPS) is 11.0. The lowest BCUT2D eigenvalue weighted by atomic mass is 10.3. The fraction of sp³-hybridized carbons (Fsp3) is 0.250. The van der Waals surface area contributed by atoms with Crippen LogP contribution in [0.2, 0.25) is 0 Å². The van der Waals surface area contributed by atoms with Crippen molar-refractivity contribution in [2.24, 2.45) is 0 Å². The minimum absolute atomic E-state index is 1.42. The molecule has 0 nitrogen and oxygen atoms in total. The van der Waals surface area contributed by atoms with Crippen LogP contribution in [0.5, 0.6) is 0 Å². The smallest absolute Gasteiger partial charge is 0.0455 e. The molecule has 0 aliphatic rings. The number of thiophene rings is 2. The summed E-state index contributed by atoms with van der Waals surface area (Å²) in [6, 6.07) is 2.27. The Balaban J connectivity index is 2.90. The molecule has 10 heavy (non-hydrogen) atoms. The third-order valence-corrected chi connectivity index (χ3v) is 3.68. The van der Waals surface area contributed by atoms with Crippen LogP contribution in [0.25, 0.3) is 10.1 Å². The van der Waals surface area contributed by atoms with E-state index in [0.29, 0.717) is 0 Å². The van der Waals surface area contributed by atoms with E-state index in [1.165, 1.54) is 19.8 Å². The van der Waals surface area contributed by atoms with Crippen LogP contribution in [0.1, 0.15) is 9.75 Å². The zero-order valence-corrected chi connectivity index (χ0v) is 7.60. The first-order valence-electron chi connectivity index (χ1n) is 3.21. The van der Waals surface area contributed by atoms with Gasteiger partial charge in [0.05, 0.1) is 0 Å². The van der Waals surface area contributed by atoms with Crippen LogP contribution in [0.4, 0.5) is 0 Å². The van der Waals surface area contributed by atoms with E-state index in [2.05, 4.69) is 25.3 Å². The zero-order valence-electron chi connectivity index (χ0n) is 5.97. The monoisotopic (exact) mass is 168 g/mol. The maximum atomic E-state index is 2.27. The van der Waals surface area contributed by atoms with Crippen LogP contribution < -0.4 is 0 Å². The van der Waals surface area contributed by atoms with Gasteiger partial charge in [0.25, 0.3) is 0 Å². The van der Waals surface area contributed by atoms with Gasteiger partial charge >= 0.3 is 0 Å². The largest absolute Gasteiger partial charge is 0.147 e. The summed E-state index contributed by atoms with van der Waals surface area (Å²) < 4.78 is 1.44. The molecule has 0 aromatic carbocycles. The highest BCUT2D eigenvalue weighted by Crippen LogP contribution is 2.31. The molecule has 2 rings (SSSR count). The number of hydrogen-bond acceptors (Lipinski definition) is 2. The van der Waals surface area contributed by atoms with Crippen LogP contribution in [0.3, 0.4) is 0 Å². The molecule has 2 aromatic rings. The molecular weight excluding hydrogens is 160 g/mol. The fourth-order valence-corrected chi connectivity index (χ4v) is 3.05. The van der Waals surface area contributed by atoms with Crippen molar-refractivity contribution in [1.29, 1.82) is 0 Å². The Hall–Kier alpha value is -0.340. The topological polar surface area (TPSA) is 0 Å². The van der Waals surface area contributed by atoms with Gasteiger partial charge in [-0.15, -0.1) is 22.7 Å². The van der Waals surface area contributed by atoms with Gasteiger partial charge in [0.1, 0.15) is 0 Å². The average molecular weight is 168 g/mol. The second kappa shape index (κ2) is 2.07. The van der Waals surface area contributed by atoms with Gasteiger partial charge in [-0.3, -0.25) is 0 Å². The Kier molecular flexibility index (Phi) is 1.32. The summed E-state index contributed by atoms with van der Waals surface area (Å²) in [6.07, 6.45) is 0. The molecule has 0 saturated heterocycles. The lowest BCUT2D eigenvalue weighted by molar-refractivity contribution is 1.63. The van der Waals surface area contributed by atoms with Crippen molar-refractivity contribution in [1.82, 2.24) is 0 Å². The molecule has 0 unspecified atom stereocenters. The molecule has 0 spiro atoms. The van der Waals surface area contributed by atoms with E-state index in [1.54, 1.807) is 0 Å². The Labute approximate surface area is 68.1 Å². The van der Waals surface area contributed by atoms with E-state index in [0.717, 1.165) is 0 Å². The van der Waals surface area contributed by atoms with Gasteiger partial charge < -0.3 is 0 Å². The van der Waals surface area contributed by atoms with Gasteiger partial charge in [0.15, 0.2) is 0 Å². The van der Waals surface area contributed by atoms with E-state index in [4.69, 9.17) is 0 Å². The predicted octanol–water partition coefficient (Wildman–Crippen LogP) is 3.58. The Morgan fingerprint density at radius 2 is 2.10 bits per heavy atom. The summed E-state index contributed by atoms with van der Waals surface area (Å²) in [5.74, 6) is 0. The molecule has 0 fully saturated rings. The van der Waals surface area contributed by atoms with Crippen molar-refractivity contribution >= 4 is 32.8 Å². The predicted molar refractivity (Wildman–Crippen MR) is 49.2 cm³/mol. The van der Waals surface area contributed by atoms with Crippen molar-refractivity contribution in [2.75, 3.05) is 0 Å². The van der Waals surface area contributed by atoms with Gasteiger partial charge in [-0.25, -0.2) is 0 Å². The van der Waals surface area contributed by atoms with Crippen LogP contribution in [0, 0.1) is 13.8 Å². The molecule has 0 N–H and O–H groups in total. The second-order valence-electron chi connectivity index (χ2n) is 2.43. The molecule has 52 valence electrons. The summed E-state index contributed by atoms with van der Waals surface area (Å²) in [7, 11) is 0. The van der Waals surface area contributed by atoms with E-state index in [-0.39, 0.29) is 0 Å². The standard InChI is InChI=1S/C8H8S2/c1-5-3-7-6(2)9-4-8(7)10-5/h3-4H,1-2H3. The molecule has 0 bridgehead atoms. The van der Waals surface area contributed by atoms with Crippen molar-refractivity contribution in [3.63, 3.8) is 0 Å². The molecule has 0 amide bonds. The average Bonchev–Trinajstić information content (AvgIpc) is 2.35. The molecule has 0 aliphatic carbocycles. The molecule has 0 saturated carbocycles. The summed E-state index contributed by atoms with van der Waals surface area (Å²) in [4.78, 5) is 2.86. The lowest BCUT2D eigenvalue weighted by Gasteiger charge is -1.77. The summed E-state index contributed by atoms with van der Waals surface area (Å²) in [6.45, 7) is 4.34. The maximum absolute atomic E-state index is 2.27. The first-order valence-corrected chi connectivity index (χ1v) is 4.91. The minimum Gasteiger partial charge on any atom is -0.147 e. The first kappa shape index (κ1) is 6.38. The summed E-state index contributed by atoms with van der Waals surface area (Å²) in [5.41, 5.74) is 0. The maximum Gasteiger partial charge on any atom is 0.0455 e. The van der Waals surface area contributed by atoms with E-state index >= 15 is 0 Å². The van der Waals surface area contributed by atoms with Gasteiger partial charge in [-0.05, 0) is 19.9 Å². The molecule has 0 aliphatic heterocycles. The highest BCUT2D eigenvalue weighted by atomic mass is 32.1. The number of aryl methyl sites for hydroxylation is 2. The molecular formula is C8H8S2. The Morgan fingerprint density at radius 1 is 1.30 bits per heavy atom. The SMILES string of the molecule is Cc1cc2c(C)scc2s1.